The van der Waals surface area contributed by atoms with Crippen LogP contribution in [0.15, 0.2) is 36.8 Å². The fourth-order valence-electron chi connectivity index (χ4n) is 6.35. The van der Waals surface area contributed by atoms with E-state index in [1.165, 1.54) is 0 Å². The highest BCUT2D eigenvalue weighted by atomic mass is 32.2. The number of carbonyl (C=O) groups excluding carboxylic acids is 3. The molecule has 0 aliphatic carbocycles. The van der Waals surface area contributed by atoms with Gasteiger partial charge in [-0.3, -0.25) is 4.79 Å². The van der Waals surface area contributed by atoms with E-state index in [1.54, 1.807) is 18.5 Å². The van der Waals surface area contributed by atoms with Gasteiger partial charge < -0.3 is 64.8 Å². The number of benzene rings is 1. The molecule has 2 aliphatic rings. The lowest BCUT2D eigenvalue weighted by Gasteiger charge is -2.25. The van der Waals surface area contributed by atoms with Crippen molar-refractivity contribution < 1.29 is 43.2 Å². The van der Waals surface area contributed by atoms with E-state index in [0.29, 0.717) is 110 Å². The van der Waals surface area contributed by atoms with Crippen molar-refractivity contribution in [2.75, 3.05) is 106 Å². The smallest absolute Gasteiger partial charge is 0.315 e. The largest absolute Gasteiger partial charge is 0.508 e. The highest BCUT2D eigenvalue weighted by Gasteiger charge is 2.42. The highest BCUT2D eigenvalue weighted by Crippen LogP contribution is 2.33. The summed E-state index contributed by atoms with van der Waals surface area (Å²) in [5, 5.41) is 24.6. The van der Waals surface area contributed by atoms with Crippen LogP contribution in [0.3, 0.4) is 0 Å². The molecule has 4 rings (SSSR count). The highest BCUT2D eigenvalue weighted by molar-refractivity contribution is 8.00. The molecule has 0 spiro atoms. The third-order valence-corrected chi connectivity index (χ3v) is 11.1. The third kappa shape index (κ3) is 19.1. The van der Waals surface area contributed by atoms with Crippen molar-refractivity contribution in [3.8, 4) is 5.75 Å². The van der Waals surface area contributed by atoms with Gasteiger partial charge in [-0.05, 0) is 51.1 Å². The van der Waals surface area contributed by atoms with Crippen molar-refractivity contribution in [1.29, 1.82) is 0 Å². The topological polar surface area (TPSA) is 199 Å². The van der Waals surface area contributed by atoms with E-state index in [2.05, 4.69) is 36.5 Å². The van der Waals surface area contributed by atoms with Gasteiger partial charge in [0.05, 0.1) is 90.2 Å². The number of nitrogens with one attached hydrogen (secondary N) is 5. The Bertz CT molecular complexity index is 1440. The first-order valence-corrected chi connectivity index (χ1v) is 21.1. The number of fused-ring (bicyclic) bond motifs is 1. The monoisotopic (exact) mass is 820 g/mol. The number of nitrogens with zero attached hydrogens (tertiary/aromatic N) is 3. The van der Waals surface area contributed by atoms with E-state index >= 15 is 0 Å². The molecule has 17 nitrogen and oxygen atoms in total. The predicted molar refractivity (Wildman–Crippen MR) is 218 cm³/mol. The lowest BCUT2D eigenvalue weighted by molar-refractivity contribution is -0.121. The number of aromatic nitrogens is 2. The molecule has 6 N–H and O–H groups in total. The molecule has 0 radical (unpaired) electrons. The number of carbonyl (C=O) groups is 3. The minimum absolute atomic E-state index is 0.0391. The quantitative estimate of drug-likeness (QED) is 0.0475. The van der Waals surface area contributed by atoms with Crippen molar-refractivity contribution in [2.45, 2.75) is 68.4 Å². The summed E-state index contributed by atoms with van der Waals surface area (Å²) in [7, 11) is 3.97. The van der Waals surface area contributed by atoms with E-state index in [9.17, 15) is 19.5 Å². The molecular weight excluding hydrogens is 757 g/mol. The summed E-state index contributed by atoms with van der Waals surface area (Å²) in [6, 6.07) is 7.44. The Morgan fingerprint density at radius 1 is 0.895 bits per heavy atom. The number of phenolic OH excluding ortho intramolecular Hbond substituents is 1. The number of hydrogen-bond acceptors (Lipinski definition) is 12. The number of urea groups is 2. The van der Waals surface area contributed by atoms with Crippen LogP contribution in [0.5, 0.6) is 5.75 Å². The minimum atomic E-state index is -0.214. The SMILES string of the molecule is CN(C)[C@H](CNC(=O)NCCc1cn(CCOCCOCCOCCOCCOCCNC(=O)CCCC[C@@H]2SC[C@@H]3NC(=O)N[C@@H]32)cn1)Cc1ccc(O)cc1. The minimum Gasteiger partial charge on any atom is -0.508 e. The molecule has 4 atom stereocenters. The number of ether oxygens (including phenoxy) is 5. The normalized spacial score (nSPS) is 17.9. The number of likely N-dealkylation sites (N-methyl/N-ethyl adjacent to an activating group) is 1. The zero-order chi connectivity index (χ0) is 40.5. The van der Waals surface area contributed by atoms with Crippen LogP contribution in [-0.2, 0) is 47.9 Å². The molecule has 3 heterocycles. The fraction of sp³-hybridized carbons (Fsp3) is 0.692. The Labute approximate surface area is 341 Å². The van der Waals surface area contributed by atoms with Crippen LogP contribution in [0.25, 0.3) is 0 Å². The maximum absolute atomic E-state index is 12.4. The van der Waals surface area contributed by atoms with Gasteiger partial charge in [0.25, 0.3) is 0 Å². The molecule has 2 aliphatic heterocycles. The Hall–Kier alpha value is -3.65. The predicted octanol–water partition coefficient (Wildman–Crippen LogP) is 1.53. The molecule has 5 amide bonds. The van der Waals surface area contributed by atoms with Crippen LogP contribution in [0, 0.1) is 0 Å². The van der Waals surface area contributed by atoms with Gasteiger partial charge in [-0.2, -0.15) is 11.8 Å². The second-order valence-corrected chi connectivity index (χ2v) is 15.5. The lowest BCUT2D eigenvalue weighted by atomic mass is 10.0. The number of imidazole rings is 1. The number of hydrogen-bond donors (Lipinski definition) is 6. The summed E-state index contributed by atoms with van der Waals surface area (Å²) >= 11 is 1.90. The first kappa shape index (κ1) is 46.0. The Kier molecular flexibility index (Phi) is 21.9. The summed E-state index contributed by atoms with van der Waals surface area (Å²) < 4.78 is 29.8. The van der Waals surface area contributed by atoms with Crippen LogP contribution >= 0.6 is 11.8 Å². The molecule has 18 heteroatoms. The van der Waals surface area contributed by atoms with Crippen LogP contribution in [0.4, 0.5) is 9.59 Å². The van der Waals surface area contributed by atoms with Gasteiger partial charge in [0.1, 0.15) is 5.75 Å². The molecule has 0 saturated carbocycles. The number of aromatic hydroxyl groups is 1. The first-order chi connectivity index (χ1) is 27.8. The molecular formula is C39H64N8O9S. The number of amides is 5. The van der Waals surface area contributed by atoms with E-state index < -0.39 is 0 Å². The van der Waals surface area contributed by atoms with Gasteiger partial charge in [0.2, 0.25) is 5.91 Å². The third-order valence-electron chi connectivity index (χ3n) is 9.62. The summed E-state index contributed by atoms with van der Waals surface area (Å²) in [4.78, 5) is 42.4. The second kappa shape index (κ2) is 27.1. The van der Waals surface area contributed by atoms with Crippen molar-refractivity contribution >= 4 is 29.7 Å². The van der Waals surface area contributed by atoms with Gasteiger partial charge in [-0.25, -0.2) is 14.6 Å². The van der Waals surface area contributed by atoms with E-state index in [0.717, 1.165) is 42.7 Å². The number of thioether (sulfide) groups is 1. The molecule has 2 aromatic rings. The molecule has 57 heavy (non-hydrogen) atoms. The summed E-state index contributed by atoms with van der Waals surface area (Å²) in [5.41, 5.74) is 1.99. The zero-order valence-corrected chi connectivity index (χ0v) is 34.4. The molecule has 1 aromatic heterocycles. The average molecular weight is 821 g/mol. The van der Waals surface area contributed by atoms with Crippen LogP contribution in [0.1, 0.15) is 36.9 Å². The van der Waals surface area contributed by atoms with Gasteiger partial charge in [-0.1, -0.05) is 18.6 Å². The van der Waals surface area contributed by atoms with E-state index in [-0.39, 0.29) is 41.8 Å². The number of unbranched alkanes of at least 4 members (excludes halogenated alkanes) is 1. The van der Waals surface area contributed by atoms with Gasteiger partial charge in [-0.15, -0.1) is 0 Å². The fourth-order valence-corrected chi connectivity index (χ4v) is 7.90. The van der Waals surface area contributed by atoms with Crippen molar-refractivity contribution in [3.05, 3.63) is 48.0 Å². The van der Waals surface area contributed by atoms with Crippen LogP contribution in [-0.4, -0.2) is 166 Å². The molecule has 320 valence electrons. The first-order valence-electron chi connectivity index (χ1n) is 20.1. The Morgan fingerprint density at radius 3 is 2.25 bits per heavy atom. The maximum atomic E-state index is 12.4. The summed E-state index contributed by atoms with van der Waals surface area (Å²) in [5.74, 6) is 1.23. The molecule has 1 aromatic carbocycles. The molecule has 0 unspecified atom stereocenters. The number of phenols is 1. The zero-order valence-electron chi connectivity index (χ0n) is 33.6. The summed E-state index contributed by atoms with van der Waals surface area (Å²) in [6.45, 7) is 6.86. The van der Waals surface area contributed by atoms with E-state index in [1.807, 2.05) is 48.8 Å². The Morgan fingerprint density at radius 2 is 1.56 bits per heavy atom. The summed E-state index contributed by atoms with van der Waals surface area (Å²) in [6.07, 6.45) is 8.42. The standard InChI is InChI=1S/C39H64N8O9S/c1-46(2)32(25-30-7-9-33(48)10-8-30)26-42-38(50)41-12-11-31-27-47(29-43-31)14-16-53-18-20-55-22-24-56-23-21-54-19-17-52-15-13-40-36(49)6-4-3-5-35-37-34(28-57-35)44-39(51)45-37/h7-10,27,29,32,34-35,37,48H,3-6,11-26,28H2,1-2H3,(H,40,49)(H2,41,42,50)(H2,44,45,51)/t32-,34-,35-,37-/m0/s1. The van der Waals surface area contributed by atoms with Gasteiger partial charge in [0, 0.05) is 62.3 Å². The van der Waals surface area contributed by atoms with Crippen LogP contribution in [0.2, 0.25) is 0 Å². The molecule has 0 bridgehead atoms. The van der Waals surface area contributed by atoms with Gasteiger partial charge >= 0.3 is 12.1 Å². The van der Waals surface area contributed by atoms with Crippen molar-refractivity contribution in [3.63, 3.8) is 0 Å². The second-order valence-electron chi connectivity index (χ2n) is 14.3. The van der Waals surface area contributed by atoms with E-state index in [4.69, 9.17) is 23.7 Å². The lowest BCUT2D eigenvalue weighted by Crippen LogP contribution is -2.45. The molecule has 2 saturated heterocycles. The van der Waals surface area contributed by atoms with Crippen LogP contribution < -0.4 is 26.6 Å². The number of rotatable bonds is 31. The molecule has 2 fully saturated rings. The van der Waals surface area contributed by atoms with Gasteiger partial charge in [0.15, 0.2) is 0 Å². The van der Waals surface area contributed by atoms with Crippen molar-refractivity contribution in [2.24, 2.45) is 0 Å². The van der Waals surface area contributed by atoms with Crippen molar-refractivity contribution in [1.82, 2.24) is 41.0 Å². The Balaban J connectivity index is 0.849. The average Bonchev–Trinajstić information content (AvgIpc) is 3.91. The maximum Gasteiger partial charge on any atom is 0.315 e.